The largest absolute Gasteiger partial charge is 0.404 e. The van der Waals surface area contributed by atoms with E-state index in [9.17, 15) is 0 Å². The van der Waals surface area contributed by atoms with Gasteiger partial charge in [-0.3, -0.25) is 0 Å². The number of halogens is 1. The maximum atomic E-state index is 6.90. The smallest absolute Gasteiger partial charge is 0.261 e. The van der Waals surface area contributed by atoms with Gasteiger partial charge in [0.25, 0.3) is 8.32 Å². The minimum atomic E-state index is -2.43. The Balaban J connectivity index is 2.35. The van der Waals surface area contributed by atoms with Crippen LogP contribution in [0.15, 0.2) is 82.9 Å². The SMILES string of the molecule is C/C(Br)=C\CC/C(C)=C/CO[Si](c1ccccc1)(c1ccccc1)C(C)(C)C. The monoisotopic (exact) mass is 456 g/mol. The molecule has 0 N–H and O–H groups in total. The highest BCUT2D eigenvalue weighted by Gasteiger charge is 2.49. The summed E-state index contributed by atoms with van der Waals surface area (Å²) in [6.45, 7) is 11.9. The number of benzene rings is 2. The quantitative estimate of drug-likeness (QED) is 0.321. The van der Waals surface area contributed by atoms with Crippen molar-refractivity contribution >= 4 is 34.6 Å². The Bertz CT molecular complexity index is 745. The predicted molar refractivity (Wildman–Crippen MR) is 129 cm³/mol. The molecule has 0 spiro atoms. The van der Waals surface area contributed by atoms with Gasteiger partial charge in [0.1, 0.15) is 0 Å². The first-order chi connectivity index (χ1) is 13.3. The van der Waals surface area contributed by atoms with Crippen LogP contribution >= 0.6 is 15.9 Å². The van der Waals surface area contributed by atoms with Crippen molar-refractivity contribution in [3.8, 4) is 0 Å². The van der Waals surface area contributed by atoms with Crippen LogP contribution in [0, 0.1) is 0 Å². The van der Waals surface area contributed by atoms with E-state index in [1.54, 1.807) is 0 Å². The molecule has 0 fully saturated rings. The van der Waals surface area contributed by atoms with Gasteiger partial charge in [-0.1, -0.05) is 115 Å². The van der Waals surface area contributed by atoms with E-state index in [0.29, 0.717) is 6.61 Å². The number of hydrogen-bond acceptors (Lipinski definition) is 1. The molecule has 0 aliphatic rings. The van der Waals surface area contributed by atoms with Crippen molar-refractivity contribution in [3.63, 3.8) is 0 Å². The summed E-state index contributed by atoms with van der Waals surface area (Å²) in [4.78, 5) is 0. The molecule has 28 heavy (non-hydrogen) atoms. The summed E-state index contributed by atoms with van der Waals surface area (Å²) in [5.41, 5.74) is 1.38. The molecule has 0 atom stereocenters. The second-order valence-electron chi connectivity index (χ2n) is 8.35. The Morgan fingerprint density at radius 2 is 1.39 bits per heavy atom. The van der Waals surface area contributed by atoms with Crippen LogP contribution < -0.4 is 10.4 Å². The molecule has 0 radical (unpaired) electrons. The van der Waals surface area contributed by atoms with Crippen molar-refractivity contribution in [2.45, 2.75) is 52.5 Å². The molecule has 0 aliphatic carbocycles. The molecule has 150 valence electrons. The molecule has 0 saturated heterocycles. The predicted octanol–water partition coefficient (Wildman–Crippen LogP) is 6.59. The second-order valence-corrected chi connectivity index (χ2v) is 13.9. The fraction of sp³-hybridized carbons (Fsp3) is 0.360. The highest BCUT2D eigenvalue weighted by atomic mass is 79.9. The maximum absolute atomic E-state index is 6.90. The molecule has 2 aromatic rings. The lowest BCUT2D eigenvalue weighted by Gasteiger charge is -2.42. The van der Waals surface area contributed by atoms with Gasteiger partial charge in [-0.05, 0) is 46.6 Å². The van der Waals surface area contributed by atoms with Crippen LogP contribution in [0.5, 0.6) is 0 Å². The average molecular weight is 458 g/mol. The number of allylic oxidation sites excluding steroid dienone is 3. The minimum absolute atomic E-state index is 0.0211. The highest BCUT2D eigenvalue weighted by Crippen LogP contribution is 2.36. The van der Waals surface area contributed by atoms with Crippen molar-refractivity contribution in [2.24, 2.45) is 0 Å². The first-order valence-corrected chi connectivity index (χ1v) is 12.7. The van der Waals surface area contributed by atoms with Gasteiger partial charge in [-0.2, -0.15) is 0 Å². The lowest BCUT2D eigenvalue weighted by Crippen LogP contribution is -2.66. The van der Waals surface area contributed by atoms with Crippen molar-refractivity contribution in [3.05, 3.63) is 82.9 Å². The molecule has 0 aromatic heterocycles. The summed E-state index contributed by atoms with van der Waals surface area (Å²) in [7, 11) is -2.43. The van der Waals surface area contributed by atoms with E-state index in [-0.39, 0.29) is 5.04 Å². The van der Waals surface area contributed by atoms with Crippen LogP contribution in [-0.2, 0) is 4.43 Å². The molecule has 2 rings (SSSR count). The van der Waals surface area contributed by atoms with Crippen LogP contribution in [0.2, 0.25) is 5.04 Å². The Labute approximate surface area is 180 Å². The first-order valence-electron chi connectivity index (χ1n) is 10.0. The van der Waals surface area contributed by atoms with Gasteiger partial charge in [-0.25, -0.2) is 0 Å². The van der Waals surface area contributed by atoms with Crippen LogP contribution in [0.4, 0.5) is 0 Å². The zero-order valence-corrected chi connectivity index (χ0v) is 20.4. The molecular formula is C25H33BrOSi. The van der Waals surface area contributed by atoms with E-state index in [2.05, 4.69) is 123 Å². The molecule has 0 amide bonds. The summed E-state index contributed by atoms with van der Waals surface area (Å²) in [6.07, 6.45) is 6.60. The van der Waals surface area contributed by atoms with E-state index in [1.807, 2.05) is 0 Å². The maximum Gasteiger partial charge on any atom is 0.261 e. The van der Waals surface area contributed by atoms with Crippen molar-refractivity contribution < 1.29 is 4.43 Å². The van der Waals surface area contributed by atoms with Gasteiger partial charge in [0.15, 0.2) is 0 Å². The Kier molecular flexibility index (Phi) is 8.48. The molecule has 1 nitrogen and oxygen atoms in total. The Morgan fingerprint density at radius 3 is 1.82 bits per heavy atom. The fourth-order valence-electron chi connectivity index (χ4n) is 3.67. The molecule has 0 aliphatic heterocycles. The first kappa shape index (κ1) is 22.9. The zero-order valence-electron chi connectivity index (χ0n) is 17.8. The van der Waals surface area contributed by atoms with Crippen LogP contribution in [0.25, 0.3) is 0 Å². The number of hydrogen-bond donors (Lipinski definition) is 0. The summed E-state index contributed by atoms with van der Waals surface area (Å²) in [6, 6.07) is 21.6. The van der Waals surface area contributed by atoms with Crippen molar-refractivity contribution in [1.82, 2.24) is 0 Å². The Hall–Kier alpha value is -1.42. The molecule has 0 saturated carbocycles. The molecule has 3 heteroatoms. The molecule has 0 bridgehead atoms. The zero-order chi connectivity index (χ0) is 20.6. The summed E-state index contributed by atoms with van der Waals surface area (Å²) >= 11 is 3.50. The standard InChI is InChI=1S/C25H33BrOSi/c1-21(13-12-14-22(2)26)19-20-27-28(25(3,4)5,23-15-8-6-9-16-23)24-17-10-7-11-18-24/h6-11,14-19H,12-13,20H2,1-5H3/b21-19+,22-14+. The molecular weight excluding hydrogens is 424 g/mol. The van der Waals surface area contributed by atoms with E-state index < -0.39 is 8.32 Å². The normalized spacial score (nSPS) is 13.6. The second kappa shape index (κ2) is 10.4. The third kappa shape index (κ3) is 5.79. The molecule has 2 aromatic carbocycles. The third-order valence-corrected chi connectivity index (χ3v) is 10.4. The van der Waals surface area contributed by atoms with E-state index in [0.717, 1.165) is 12.8 Å². The topological polar surface area (TPSA) is 9.23 Å². The molecule has 0 unspecified atom stereocenters. The van der Waals surface area contributed by atoms with Gasteiger partial charge in [0.05, 0.1) is 6.61 Å². The Morgan fingerprint density at radius 1 is 0.893 bits per heavy atom. The van der Waals surface area contributed by atoms with E-state index in [4.69, 9.17) is 4.43 Å². The lowest BCUT2D eigenvalue weighted by atomic mass is 10.1. The molecule has 0 heterocycles. The average Bonchev–Trinajstić information content (AvgIpc) is 2.65. The summed E-state index contributed by atoms with van der Waals surface area (Å²) < 4.78 is 8.10. The number of rotatable bonds is 8. The van der Waals surface area contributed by atoms with Gasteiger partial charge in [0.2, 0.25) is 0 Å². The lowest BCUT2D eigenvalue weighted by molar-refractivity contribution is 0.338. The third-order valence-electron chi connectivity index (χ3n) is 5.11. The minimum Gasteiger partial charge on any atom is -0.404 e. The van der Waals surface area contributed by atoms with Crippen molar-refractivity contribution in [2.75, 3.05) is 6.61 Å². The van der Waals surface area contributed by atoms with Gasteiger partial charge in [0, 0.05) is 0 Å². The summed E-state index contributed by atoms with van der Waals surface area (Å²) in [5, 5.41) is 2.68. The van der Waals surface area contributed by atoms with Crippen LogP contribution in [0.3, 0.4) is 0 Å². The van der Waals surface area contributed by atoms with Gasteiger partial charge < -0.3 is 4.43 Å². The van der Waals surface area contributed by atoms with E-state index in [1.165, 1.54) is 20.4 Å². The van der Waals surface area contributed by atoms with Gasteiger partial charge >= 0.3 is 0 Å². The van der Waals surface area contributed by atoms with Crippen LogP contribution in [0.1, 0.15) is 47.5 Å². The summed E-state index contributed by atoms with van der Waals surface area (Å²) in [5.74, 6) is 0. The van der Waals surface area contributed by atoms with Crippen molar-refractivity contribution in [1.29, 1.82) is 0 Å². The highest BCUT2D eigenvalue weighted by molar-refractivity contribution is 9.11. The fourth-order valence-corrected chi connectivity index (χ4v) is 8.39. The van der Waals surface area contributed by atoms with Crippen LogP contribution in [-0.4, -0.2) is 14.9 Å². The van der Waals surface area contributed by atoms with E-state index >= 15 is 0 Å². The van der Waals surface area contributed by atoms with Gasteiger partial charge in [-0.15, -0.1) is 0 Å².